The van der Waals surface area contributed by atoms with E-state index >= 15 is 0 Å². The zero-order valence-electron chi connectivity index (χ0n) is 13.6. The minimum atomic E-state index is -0.286. The molecule has 1 N–H and O–H groups in total. The molecule has 7 heteroatoms. The van der Waals surface area contributed by atoms with Crippen molar-refractivity contribution in [1.82, 2.24) is 10.3 Å². The molecule has 0 fully saturated rings. The van der Waals surface area contributed by atoms with Gasteiger partial charge in [-0.3, -0.25) is 4.79 Å². The topological polar surface area (TPSA) is 90.4 Å². The molecular formula is C17H17N3O4. The van der Waals surface area contributed by atoms with Crippen LogP contribution < -0.4 is 10.1 Å². The monoisotopic (exact) mass is 327 g/mol. The smallest absolute Gasteiger partial charge is 0.257 e. The molecule has 0 atom stereocenters. The zero-order valence-corrected chi connectivity index (χ0v) is 13.6. The van der Waals surface area contributed by atoms with Crippen molar-refractivity contribution in [3.8, 4) is 5.75 Å². The summed E-state index contributed by atoms with van der Waals surface area (Å²) >= 11 is 0. The van der Waals surface area contributed by atoms with Crippen molar-refractivity contribution in [2.24, 2.45) is 0 Å². The van der Waals surface area contributed by atoms with E-state index in [0.29, 0.717) is 29.5 Å². The molecular weight excluding hydrogens is 310 g/mol. The molecule has 0 aliphatic heterocycles. The first-order valence-electron chi connectivity index (χ1n) is 7.42. The van der Waals surface area contributed by atoms with Crippen molar-refractivity contribution >= 4 is 11.7 Å². The Morgan fingerprint density at radius 3 is 2.67 bits per heavy atom. The Morgan fingerprint density at radius 1 is 1.17 bits per heavy atom. The molecule has 0 aliphatic carbocycles. The lowest BCUT2D eigenvalue weighted by molar-refractivity contribution is 0.102. The van der Waals surface area contributed by atoms with Crippen LogP contribution in [0.3, 0.4) is 0 Å². The number of aromatic nitrogens is 2. The van der Waals surface area contributed by atoms with Crippen molar-refractivity contribution in [2.45, 2.75) is 27.4 Å². The number of carbonyl (C=O) groups is 1. The van der Waals surface area contributed by atoms with Gasteiger partial charge in [0.25, 0.3) is 5.91 Å². The van der Waals surface area contributed by atoms with Gasteiger partial charge in [0.15, 0.2) is 5.82 Å². The molecule has 0 radical (unpaired) electrons. The first-order valence-corrected chi connectivity index (χ1v) is 7.42. The second-order valence-corrected chi connectivity index (χ2v) is 5.40. The fraction of sp³-hybridized carbons (Fsp3) is 0.235. The quantitative estimate of drug-likeness (QED) is 0.772. The molecule has 2 heterocycles. The van der Waals surface area contributed by atoms with Crippen LogP contribution in [0.4, 0.5) is 5.82 Å². The predicted molar refractivity (Wildman–Crippen MR) is 85.9 cm³/mol. The van der Waals surface area contributed by atoms with Crippen molar-refractivity contribution in [3.05, 3.63) is 58.7 Å². The molecule has 0 saturated heterocycles. The summed E-state index contributed by atoms with van der Waals surface area (Å²) in [7, 11) is 0. The van der Waals surface area contributed by atoms with Gasteiger partial charge in [0, 0.05) is 11.6 Å². The average molecular weight is 327 g/mol. The van der Waals surface area contributed by atoms with E-state index in [1.54, 1.807) is 37.3 Å². The maximum absolute atomic E-state index is 12.2. The Bertz CT molecular complexity index is 847. The number of anilines is 1. The van der Waals surface area contributed by atoms with Gasteiger partial charge in [-0.05, 0) is 39.0 Å². The van der Waals surface area contributed by atoms with Crippen LogP contribution in [-0.2, 0) is 6.61 Å². The number of benzene rings is 1. The summed E-state index contributed by atoms with van der Waals surface area (Å²) < 4.78 is 15.8. The van der Waals surface area contributed by atoms with Crippen LogP contribution in [0.2, 0.25) is 0 Å². The summed E-state index contributed by atoms with van der Waals surface area (Å²) in [4.78, 5) is 12.2. The van der Waals surface area contributed by atoms with Gasteiger partial charge in [-0.1, -0.05) is 16.4 Å². The molecule has 1 aromatic carbocycles. The first kappa shape index (κ1) is 15.8. The van der Waals surface area contributed by atoms with Crippen LogP contribution in [0.15, 0.2) is 39.4 Å². The molecule has 124 valence electrons. The summed E-state index contributed by atoms with van der Waals surface area (Å²) in [5, 5.41) is 10.3. The van der Waals surface area contributed by atoms with Crippen molar-refractivity contribution in [1.29, 1.82) is 0 Å². The van der Waals surface area contributed by atoms with Crippen molar-refractivity contribution in [3.63, 3.8) is 0 Å². The van der Waals surface area contributed by atoms with Crippen LogP contribution in [0.25, 0.3) is 0 Å². The maximum Gasteiger partial charge on any atom is 0.257 e. The highest BCUT2D eigenvalue weighted by atomic mass is 16.5. The Hall–Kier alpha value is -3.09. The summed E-state index contributed by atoms with van der Waals surface area (Å²) in [5.41, 5.74) is 2.16. The Balaban J connectivity index is 1.68. The van der Waals surface area contributed by atoms with Crippen molar-refractivity contribution in [2.75, 3.05) is 5.32 Å². The average Bonchev–Trinajstić information content (AvgIpc) is 3.11. The number of aryl methyl sites for hydroxylation is 3. The number of nitrogens with one attached hydrogen (secondary N) is 1. The molecule has 7 nitrogen and oxygen atoms in total. The predicted octanol–water partition coefficient (Wildman–Crippen LogP) is 3.42. The first-order chi connectivity index (χ1) is 11.5. The number of hydrogen-bond acceptors (Lipinski definition) is 6. The summed E-state index contributed by atoms with van der Waals surface area (Å²) in [6, 6.07) is 8.56. The third-order valence-electron chi connectivity index (χ3n) is 3.53. The van der Waals surface area contributed by atoms with E-state index in [9.17, 15) is 4.79 Å². The number of hydrogen-bond donors (Lipinski definition) is 1. The minimum absolute atomic E-state index is 0.286. The van der Waals surface area contributed by atoms with E-state index in [1.807, 2.05) is 13.8 Å². The molecule has 0 aliphatic rings. The number of carbonyl (C=O) groups excluding carboxylic acids is 1. The van der Waals surface area contributed by atoms with Gasteiger partial charge in [-0.25, -0.2) is 0 Å². The van der Waals surface area contributed by atoms with Gasteiger partial charge in [0.1, 0.15) is 23.9 Å². The third-order valence-corrected chi connectivity index (χ3v) is 3.53. The van der Waals surface area contributed by atoms with Crippen LogP contribution in [0.5, 0.6) is 5.75 Å². The SMILES string of the molecule is Cc1cc(NC(=O)c2cccc(OCc3c(C)noc3C)c2)no1. The van der Waals surface area contributed by atoms with Gasteiger partial charge in [0.05, 0.1) is 11.3 Å². The highest BCUT2D eigenvalue weighted by Crippen LogP contribution is 2.19. The molecule has 3 rings (SSSR count). The number of nitrogens with zero attached hydrogens (tertiary/aromatic N) is 2. The Morgan fingerprint density at radius 2 is 2.00 bits per heavy atom. The van der Waals surface area contributed by atoms with E-state index < -0.39 is 0 Å². The minimum Gasteiger partial charge on any atom is -0.489 e. The summed E-state index contributed by atoms with van der Waals surface area (Å²) in [5.74, 6) is 2.02. The largest absolute Gasteiger partial charge is 0.489 e. The molecule has 0 spiro atoms. The normalized spacial score (nSPS) is 10.6. The molecule has 3 aromatic rings. The Kier molecular flexibility index (Phi) is 4.33. The number of rotatable bonds is 5. The van der Waals surface area contributed by atoms with Crippen LogP contribution >= 0.6 is 0 Å². The second kappa shape index (κ2) is 6.57. The number of amides is 1. The van der Waals surface area contributed by atoms with Gasteiger partial charge < -0.3 is 19.1 Å². The zero-order chi connectivity index (χ0) is 17.1. The standard InChI is InChI=1S/C17H17N3O4/c1-10-7-16(20-23-10)18-17(21)13-5-4-6-14(8-13)22-9-15-11(2)19-24-12(15)3/h4-8H,9H2,1-3H3,(H,18,20,21). The fourth-order valence-corrected chi connectivity index (χ4v) is 2.20. The highest BCUT2D eigenvalue weighted by molar-refractivity contribution is 6.03. The molecule has 24 heavy (non-hydrogen) atoms. The molecule has 0 unspecified atom stereocenters. The second-order valence-electron chi connectivity index (χ2n) is 5.40. The number of ether oxygens (including phenoxy) is 1. The molecule has 1 amide bonds. The van der Waals surface area contributed by atoms with Crippen LogP contribution in [0.1, 0.15) is 33.1 Å². The highest BCUT2D eigenvalue weighted by Gasteiger charge is 2.12. The van der Waals surface area contributed by atoms with E-state index in [2.05, 4.69) is 15.6 Å². The molecule has 0 saturated carbocycles. The fourth-order valence-electron chi connectivity index (χ4n) is 2.20. The van der Waals surface area contributed by atoms with Gasteiger partial charge in [-0.15, -0.1) is 0 Å². The third kappa shape index (κ3) is 3.45. The van der Waals surface area contributed by atoms with Crippen molar-refractivity contribution < 1.29 is 18.6 Å². The summed E-state index contributed by atoms with van der Waals surface area (Å²) in [6.07, 6.45) is 0. The van der Waals surface area contributed by atoms with Crippen LogP contribution in [0, 0.1) is 20.8 Å². The Labute approximate surface area is 138 Å². The lowest BCUT2D eigenvalue weighted by Gasteiger charge is -2.07. The maximum atomic E-state index is 12.2. The van der Waals surface area contributed by atoms with E-state index in [1.165, 1.54) is 0 Å². The van der Waals surface area contributed by atoms with E-state index in [0.717, 1.165) is 17.0 Å². The van der Waals surface area contributed by atoms with E-state index in [-0.39, 0.29) is 5.91 Å². The molecule has 0 bridgehead atoms. The van der Waals surface area contributed by atoms with E-state index in [4.69, 9.17) is 13.8 Å². The lowest BCUT2D eigenvalue weighted by Crippen LogP contribution is -2.12. The molecule has 2 aromatic heterocycles. The lowest BCUT2D eigenvalue weighted by atomic mass is 10.2. The van der Waals surface area contributed by atoms with Crippen LogP contribution in [-0.4, -0.2) is 16.2 Å². The summed E-state index contributed by atoms with van der Waals surface area (Å²) in [6.45, 7) is 5.78. The van der Waals surface area contributed by atoms with Gasteiger partial charge in [0.2, 0.25) is 0 Å². The van der Waals surface area contributed by atoms with Gasteiger partial charge in [-0.2, -0.15) is 0 Å². The van der Waals surface area contributed by atoms with Gasteiger partial charge >= 0.3 is 0 Å².